The normalized spacial score (nSPS) is 11.9. The summed E-state index contributed by atoms with van der Waals surface area (Å²) in [5, 5.41) is 0. The van der Waals surface area contributed by atoms with Gasteiger partial charge in [-0.1, -0.05) is 265 Å². The van der Waals surface area contributed by atoms with Gasteiger partial charge in [-0.2, -0.15) is 0 Å². The van der Waals surface area contributed by atoms with Gasteiger partial charge in [0.1, 0.15) is 13.2 Å². The Morgan fingerprint density at radius 2 is 0.550 bits per heavy atom. The van der Waals surface area contributed by atoms with Crippen molar-refractivity contribution in [2.45, 2.75) is 310 Å². The Balaban J connectivity index is 4.25. The van der Waals surface area contributed by atoms with Gasteiger partial charge in [-0.15, -0.1) is 0 Å². The molecule has 0 fully saturated rings. The molecular weight excluding hydrogens is 745 g/mol. The summed E-state index contributed by atoms with van der Waals surface area (Å²) < 4.78 is 16.8. The average molecular weight is 849 g/mol. The zero-order chi connectivity index (χ0) is 43.8. The molecule has 60 heavy (non-hydrogen) atoms. The van der Waals surface area contributed by atoms with E-state index in [1.165, 1.54) is 199 Å². The van der Waals surface area contributed by atoms with E-state index in [1.807, 2.05) is 0 Å². The first kappa shape index (κ1) is 58.4. The second-order valence-corrected chi connectivity index (χ2v) is 19.0. The smallest absolute Gasteiger partial charge is 0.306 e. The minimum atomic E-state index is -0.761. The highest BCUT2D eigenvalue weighted by molar-refractivity contribution is 5.71. The Kier molecular flexibility index (Phi) is 47.2. The van der Waals surface area contributed by atoms with Crippen molar-refractivity contribution in [3.05, 3.63) is 0 Å². The summed E-state index contributed by atoms with van der Waals surface area (Å²) in [6.45, 7) is 8.99. The van der Waals surface area contributed by atoms with Crippen LogP contribution in [-0.4, -0.2) is 37.2 Å². The number of ether oxygens (including phenoxy) is 3. The fourth-order valence-electron chi connectivity index (χ4n) is 8.22. The summed E-state index contributed by atoms with van der Waals surface area (Å²) in [4.78, 5) is 37.9. The van der Waals surface area contributed by atoms with E-state index < -0.39 is 6.10 Å². The number of carbonyl (C=O) groups is 3. The summed E-state index contributed by atoms with van der Waals surface area (Å²) >= 11 is 0. The standard InChI is InChI=1S/C54H104O6/c1-5-7-9-11-13-15-17-19-20-21-22-23-24-26-28-30-34-39-43-47-54(57)60-51(49-59-53(56)46-42-38-35-31-32-36-40-44-50(3)4)48-58-52(55)45-41-37-33-29-27-25-18-16-14-12-10-8-6-2/h50-51H,5-49H2,1-4H3/t51-/m0/s1. The zero-order valence-corrected chi connectivity index (χ0v) is 40.9. The molecule has 6 nitrogen and oxygen atoms in total. The first-order chi connectivity index (χ1) is 29.4. The minimum absolute atomic E-state index is 0.0632. The molecule has 0 aromatic rings. The predicted octanol–water partition coefficient (Wildman–Crippen LogP) is 17.5. The number of carbonyl (C=O) groups excluding carboxylic acids is 3. The molecule has 0 radical (unpaired) electrons. The third kappa shape index (κ3) is 47.5. The number of rotatable bonds is 49. The zero-order valence-electron chi connectivity index (χ0n) is 40.9. The fourth-order valence-corrected chi connectivity index (χ4v) is 8.22. The lowest BCUT2D eigenvalue weighted by Crippen LogP contribution is -2.30. The Hall–Kier alpha value is -1.59. The van der Waals surface area contributed by atoms with E-state index >= 15 is 0 Å². The van der Waals surface area contributed by atoms with Crippen LogP contribution in [-0.2, 0) is 28.6 Å². The van der Waals surface area contributed by atoms with Gasteiger partial charge >= 0.3 is 17.9 Å². The molecule has 1 atom stereocenters. The van der Waals surface area contributed by atoms with E-state index in [0.717, 1.165) is 63.7 Å². The van der Waals surface area contributed by atoms with E-state index in [9.17, 15) is 14.4 Å². The van der Waals surface area contributed by atoms with Crippen molar-refractivity contribution in [3.8, 4) is 0 Å². The van der Waals surface area contributed by atoms with Crippen molar-refractivity contribution in [2.24, 2.45) is 5.92 Å². The SMILES string of the molecule is CCCCCCCCCCCCCCCCCCCCCC(=O)O[C@@H](COC(=O)CCCCCCCCCCCCCCC)COC(=O)CCCCCCCCCC(C)C. The molecule has 0 spiro atoms. The Morgan fingerprint density at radius 1 is 0.317 bits per heavy atom. The quantitative estimate of drug-likeness (QED) is 0.0345. The average Bonchev–Trinajstić information content (AvgIpc) is 3.23. The maximum Gasteiger partial charge on any atom is 0.306 e. The molecule has 6 heteroatoms. The number of hydrogen-bond donors (Lipinski definition) is 0. The Bertz CT molecular complexity index is 903. The second-order valence-electron chi connectivity index (χ2n) is 19.0. The van der Waals surface area contributed by atoms with Crippen LogP contribution >= 0.6 is 0 Å². The maximum absolute atomic E-state index is 12.8. The molecule has 0 aliphatic carbocycles. The number of esters is 3. The topological polar surface area (TPSA) is 78.9 Å². The molecular formula is C54H104O6. The minimum Gasteiger partial charge on any atom is -0.462 e. The Labute approximate surface area is 374 Å². The molecule has 0 saturated heterocycles. The van der Waals surface area contributed by atoms with Gasteiger partial charge < -0.3 is 14.2 Å². The predicted molar refractivity (Wildman–Crippen MR) is 257 cm³/mol. The van der Waals surface area contributed by atoms with Gasteiger partial charge in [0.15, 0.2) is 6.10 Å². The van der Waals surface area contributed by atoms with E-state index in [0.29, 0.717) is 19.3 Å². The van der Waals surface area contributed by atoms with Crippen LogP contribution in [0.2, 0.25) is 0 Å². The molecule has 0 amide bonds. The van der Waals surface area contributed by atoms with E-state index in [2.05, 4.69) is 27.7 Å². The van der Waals surface area contributed by atoms with Crippen molar-refractivity contribution < 1.29 is 28.6 Å². The van der Waals surface area contributed by atoms with Crippen LogP contribution < -0.4 is 0 Å². The molecule has 356 valence electrons. The number of unbranched alkanes of at least 4 members (excludes halogenated alkanes) is 36. The Morgan fingerprint density at radius 3 is 0.817 bits per heavy atom. The summed E-state index contributed by atoms with van der Waals surface area (Å²) in [5.74, 6) is -0.0640. The van der Waals surface area contributed by atoms with E-state index in [1.54, 1.807) is 0 Å². The van der Waals surface area contributed by atoms with Gasteiger partial charge in [-0.3, -0.25) is 14.4 Å². The van der Waals surface area contributed by atoms with Gasteiger partial charge in [0.25, 0.3) is 0 Å². The summed E-state index contributed by atoms with van der Waals surface area (Å²) in [7, 11) is 0. The van der Waals surface area contributed by atoms with Gasteiger partial charge in [-0.05, 0) is 25.2 Å². The van der Waals surface area contributed by atoms with Crippen LogP contribution in [0, 0.1) is 5.92 Å². The third-order valence-corrected chi connectivity index (χ3v) is 12.3. The lowest BCUT2D eigenvalue weighted by atomic mass is 10.0. The molecule has 0 rings (SSSR count). The maximum atomic E-state index is 12.8. The molecule has 0 saturated carbocycles. The van der Waals surface area contributed by atoms with Gasteiger partial charge in [0.05, 0.1) is 0 Å². The summed E-state index contributed by atoms with van der Waals surface area (Å²) in [5.41, 5.74) is 0. The molecule has 0 N–H and O–H groups in total. The molecule has 0 aliphatic rings. The van der Waals surface area contributed by atoms with Crippen LogP contribution in [0.15, 0.2) is 0 Å². The van der Waals surface area contributed by atoms with Crippen molar-refractivity contribution >= 4 is 17.9 Å². The van der Waals surface area contributed by atoms with Crippen LogP contribution in [0.4, 0.5) is 0 Å². The highest BCUT2D eigenvalue weighted by Crippen LogP contribution is 2.17. The second kappa shape index (κ2) is 48.4. The summed E-state index contributed by atoms with van der Waals surface area (Å²) in [6.07, 6.45) is 51.0. The lowest BCUT2D eigenvalue weighted by molar-refractivity contribution is -0.167. The molecule has 0 heterocycles. The van der Waals surface area contributed by atoms with Crippen molar-refractivity contribution in [1.82, 2.24) is 0 Å². The molecule has 0 aliphatic heterocycles. The third-order valence-electron chi connectivity index (χ3n) is 12.3. The van der Waals surface area contributed by atoms with Crippen LogP contribution in [0.3, 0.4) is 0 Å². The first-order valence-corrected chi connectivity index (χ1v) is 26.9. The lowest BCUT2D eigenvalue weighted by Gasteiger charge is -2.18. The van der Waals surface area contributed by atoms with Gasteiger partial charge in [0.2, 0.25) is 0 Å². The molecule has 0 bridgehead atoms. The van der Waals surface area contributed by atoms with Crippen LogP contribution in [0.5, 0.6) is 0 Å². The first-order valence-electron chi connectivity index (χ1n) is 26.9. The van der Waals surface area contributed by atoms with Crippen LogP contribution in [0.1, 0.15) is 304 Å². The largest absolute Gasteiger partial charge is 0.462 e. The van der Waals surface area contributed by atoms with Crippen LogP contribution in [0.25, 0.3) is 0 Å². The highest BCUT2D eigenvalue weighted by Gasteiger charge is 2.19. The summed E-state index contributed by atoms with van der Waals surface area (Å²) in [6, 6.07) is 0. The fraction of sp³-hybridized carbons (Fsp3) is 0.944. The van der Waals surface area contributed by atoms with E-state index in [-0.39, 0.29) is 31.1 Å². The molecule has 0 aromatic heterocycles. The van der Waals surface area contributed by atoms with E-state index in [4.69, 9.17) is 14.2 Å². The molecule has 0 unspecified atom stereocenters. The van der Waals surface area contributed by atoms with Crippen molar-refractivity contribution in [1.29, 1.82) is 0 Å². The van der Waals surface area contributed by atoms with Crippen molar-refractivity contribution in [2.75, 3.05) is 13.2 Å². The molecule has 0 aromatic carbocycles. The monoisotopic (exact) mass is 849 g/mol. The highest BCUT2D eigenvalue weighted by atomic mass is 16.6. The van der Waals surface area contributed by atoms with Gasteiger partial charge in [-0.25, -0.2) is 0 Å². The van der Waals surface area contributed by atoms with Crippen molar-refractivity contribution in [3.63, 3.8) is 0 Å². The number of hydrogen-bond acceptors (Lipinski definition) is 6. The van der Waals surface area contributed by atoms with Gasteiger partial charge in [0, 0.05) is 19.3 Å².